The predicted molar refractivity (Wildman–Crippen MR) is 185 cm³/mol. The Labute approximate surface area is 254 Å². The number of nitrogens with one attached hydrogen (secondary N) is 1. The summed E-state index contributed by atoms with van der Waals surface area (Å²) in [4.78, 5) is 5.60. The van der Waals surface area contributed by atoms with Crippen molar-refractivity contribution in [2.24, 2.45) is 15.8 Å². The topological polar surface area (TPSA) is 24.4 Å². The van der Waals surface area contributed by atoms with E-state index in [0.29, 0.717) is 0 Å². The number of aliphatic imine (C=N–C) groups is 1. The van der Waals surface area contributed by atoms with Crippen molar-refractivity contribution in [2.45, 2.75) is 146 Å². The highest BCUT2D eigenvalue weighted by Gasteiger charge is 2.31. The number of rotatable bonds is 4. The number of anilines is 1. The van der Waals surface area contributed by atoms with E-state index in [1.54, 1.807) is 0 Å². The number of nitrogens with zero attached hydrogens (tertiary/aromatic N) is 1. The molecule has 1 N–H and O–H groups in total. The van der Waals surface area contributed by atoms with Gasteiger partial charge in [0.15, 0.2) is 0 Å². The lowest BCUT2D eigenvalue weighted by Crippen LogP contribution is -2.27. The summed E-state index contributed by atoms with van der Waals surface area (Å²) in [5, 5.41) is 4.03. The molecule has 0 atom stereocenters. The van der Waals surface area contributed by atoms with Gasteiger partial charge in [-0.05, 0) is 50.0 Å². The molecular weight excluding hydrogens is 496 g/mol. The van der Waals surface area contributed by atoms with E-state index in [9.17, 15) is 0 Å². The summed E-state index contributed by atoms with van der Waals surface area (Å²) < 4.78 is 0. The fourth-order valence-corrected chi connectivity index (χ4v) is 5.06. The number of allylic oxidation sites excluding steroid dienone is 2. The molecule has 0 radical (unpaired) electrons. The first-order chi connectivity index (χ1) is 18.1. The van der Waals surface area contributed by atoms with Crippen LogP contribution < -0.4 is 5.32 Å². The molecule has 0 aliphatic carbocycles. The van der Waals surface area contributed by atoms with E-state index in [1.807, 2.05) is 0 Å². The Morgan fingerprint density at radius 3 is 1.15 bits per heavy atom. The molecule has 0 unspecified atom stereocenters. The van der Waals surface area contributed by atoms with Gasteiger partial charge in [-0.25, -0.2) is 0 Å². The second-order valence-electron chi connectivity index (χ2n) is 18.1. The van der Waals surface area contributed by atoms with Gasteiger partial charge in [0.05, 0.1) is 5.69 Å². The standard InChI is InChI=1S/C39H62N2/c1-34(2,3)26-21-19-22-27(35(4,5)6)32(26)40-30(38(13,14)15)25-31(39(16,17)18)41-33-28(36(7,8)9)23-20-24-29(33)37(10,11)12/h19-25,40H,1-18H3/b30-25-,41-31?. The molecule has 0 bridgehead atoms. The van der Waals surface area contributed by atoms with E-state index in [1.165, 1.54) is 33.6 Å². The summed E-state index contributed by atoms with van der Waals surface area (Å²) in [7, 11) is 0. The Bertz CT molecular complexity index is 1210. The van der Waals surface area contributed by atoms with E-state index < -0.39 is 0 Å². The number of hydrogen-bond donors (Lipinski definition) is 1. The van der Waals surface area contributed by atoms with Crippen molar-refractivity contribution >= 4 is 17.1 Å². The van der Waals surface area contributed by atoms with E-state index in [0.717, 1.165) is 11.4 Å². The first kappa shape index (κ1) is 34.8. The maximum absolute atomic E-state index is 5.60. The van der Waals surface area contributed by atoms with E-state index in [2.05, 4.69) is 172 Å². The Hall–Kier alpha value is -2.35. The monoisotopic (exact) mass is 558 g/mol. The molecule has 2 aromatic rings. The van der Waals surface area contributed by atoms with Crippen LogP contribution in [0.1, 0.15) is 147 Å². The van der Waals surface area contributed by atoms with E-state index in [4.69, 9.17) is 4.99 Å². The van der Waals surface area contributed by atoms with Gasteiger partial charge in [0.1, 0.15) is 0 Å². The number of benzene rings is 2. The zero-order valence-electron chi connectivity index (χ0n) is 30.0. The summed E-state index contributed by atoms with van der Waals surface area (Å²) in [6.45, 7) is 41.3. The smallest absolute Gasteiger partial charge is 0.0707 e. The Balaban J connectivity index is 3.00. The van der Waals surface area contributed by atoms with Crippen LogP contribution in [-0.2, 0) is 21.7 Å². The van der Waals surface area contributed by atoms with Crippen LogP contribution in [0, 0.1) is 10.8 Å². The Morgan fingerprint density at radius 2 is 0.854 bits per heavy atom. The van der Waals surface area contributed by atoms with Crippen molar-refractivity contribution in [1.29, 1.82) is 0 Å². The maximum atomic E-state index is 5.60. The highest BCUT2D eigenvalue weighted by molar-refractivity contribution is 6.02. The quantitative estimate of drug-likeness (QED) is 0.371. The Morgan fingerprint density at radius 1 is 0.512 bits per heavy atom. The normalized spacial score (nSPS) is 14.9. The minimum Gasteiger partial charge on any atom is -0.358 e. The first-order valence-electron chi connectivity index (χ1n) is 15.5. The molecule has 0 amide bonds. The molecular formula is C39H62N2. The van der Waals surface area contributed by atoms with Crippen molar-refractivity contribution in [2.75, 3.05) is 5.32 Å². The molecule has 41 heavy (non-hydrogen) atoms. The lowest BCUT2D eigenvalue weighted by Gasteiger charge is -2.34. The molecule has 0 saturated heterocycles. The minimum atomic E-state index is -0.158. The molecule has 2 heteroatoms. The van der Waals surface area contributed by atoms with E-state index in [-0.39, 0.29) is 32.5 Å². The molecule has 0 saturated carbocycles. The lowest BCUT2D eigenvalue weighted by molar-refractivity contribution is 0.504. The third kappa shape index (κ3) is 8.82. The number of para-hydroxylation sites is 2. The van der Waals surface area contributed by atoms with Gasteiger partial charge >= 0.3 is 0 Å². The summed E-state index contributed by atoms with van der Waals surface area (Å²) in [6.07, 6.45) is 2.34. The predicted octanol–water partition coefficient (Wildman–Crippen LogP) is 12.0. The fourth-order valence-electron chi connectivity index (χ4n) is 5.06. The lowest BCUT2D eigenvalue weighted by atomic mass is 9.77. The van der Waals surface area contributed by atoms with Gasteiger partial charge in [0.25, 0.3) is 0 Å². The molecule has 0 aliphatic heterocycles. The minimum absolute atomic E-state index is 0.000786. The van der Waals surface area contributed by atoms with Gasteiger partial charge < -0.3 is 5.32 Å². The van der Waals surface area contributed by atoms with Crippen LogP contribution in [0.3, 0.4) is 0 Å². The highest BCUT2D eigenvalue weighted by Crippen LogP contribution is 2.43. The van der Waals surface area contributed by atoms with Gasteiger partial charge in [-0.15, -0.1) is 0 Å². The van der Waals surface area contributed by atoms with Crippen LogP contribution in [0.5, 0.6) is 0 Å². The average molecular weight is 559 g/mol. The number of hydrogen-bond acceptors (Lipinski definition) is 2. The molecule has 0 aromatic heterocycles. The van der Waals surface area contributed by atoms with Crippen molar-refractivity contribution < 1.29 is 0 Å². The summed E-state index contributed by atoms with van der Waals surface area (Å²) in [6, 6.07) is 13.5. The summed E-state index contributed by atoms with van der Waals surface area (Å²) in [5.74, 6) is 0. The third-order valence-corrected chi connectivity index (χ3v) is 7.68. The van der Waals surface area contributed by atoms with Gasteiger partial charge in [0.2, 0.25) is 0 Å². The zero-order valence-corrected chi connectivity index (χ0v) is 30.0. The van der Waals surface area contributed by atoms with Gasteiger partial charge in [0, 0.05) is 27.9 Å². The maximum Gasteiger partial charge on any atom is 0.0707 e. The Kier molecular flexibility index (Phi) is 9.68. The van der Waals surface area contributed by atoms with E-state index >= 15 is 0 Å². The largest absolute Gasteiger partial charge is 0.358 e. The third-order valence-electron chi connectivity index (χ3n) is 7.68. The highest BCUT2D eigenvalue weighted by atomic mass is 14.9. The van der Waals surface area contributed by atoms with Crippen LogP contribution in [0.15, 0.2) is 53.2 Å². The molecule has 0 heterocycles. The second-order valence-corrected chi connectivity index (χ2v) is 18.1. The SMILES string of the molecule is CC(C)(C)C(/C=C(\Nc1c(C(C)(C)C)cccc1C(C)(C)C)C(C)(C)C)=Nc1c(C(C)(C)C)cccc1C(C)(C)C. The molecule has 2 aromatic carbocycles. The van der Waals surface area contributed by atoms with Crippen molar-refractivity contribution in [3.05, 3.63) is 70.4 Å². The second kappa shape index (κ2) is 11.4. The van der Waals surface area contributed by atoms with Crippen LogP contribution in [0.25, 0.3) is 0 Å². The first-order valence-corrected chi connectivity index (χ1v) is 15.5. The van der Waals surface area contributed by atoms with Crippen molar-refractivity contribution in [3.63, 3.8) is 0 Å². The summed E-state index contributed by atoms with van der Waals surface area (Å²) >= 11 is 0. The van der Waals surface area contributed by atoms with Gasteiger partial charge in [-0.2, -0.15) is 0 Å². The van der Waals surface area contributed by atoms with Crippen LogP contribution in [0.4, 0.5) is 11.4 Å². The van der Waals surface area contributed by atoms with Crippen LogP contribution in [-0.4, -0.2) is 5.71 Å². The summed E-state index contributed by atoms with van der Waals surface area (Å²) in [5.41, 5.74) is 9.54. The molecule has 2 nitrogen and oxygen atoms in total. The molecule has 0 spiro atoms. The van der Waals surface area contributed by atoms with Crippen LogP contribution >= 0.6 is 0 Å². The zero-order chi connectivity index (χ0) is 32.0. The molecule has 0 aliphatic rings. The van der Waals surface area contributed by atoms with Gasteiger partial charge in [-0.3, -0.25) is 4.99 Å². The van der Waals surface area contributed by atoms with Gasteiger partial charge in [-0.1, -0.05) is 161 Å². The fraction of sp³-hybridized carbons (Fsp3) is 0.615. The van der Waals surface area contributed by atoms with Crippen molar-refractivity contribution in [3.8, 4) is 0 Å². The van der Waals surface area contributed by atoms with Crippen LogP contribution in [0.2, 0.25) is 0 Å². The average Bonchev–Trinajstić information content (AvgIpc) is 2.73. The molecule has 2 rings (SSSR count). The molecule has 228 valence electrons. The van der Waals surface area contributed by atoms with Crippen molar-refractivity contribution in [1.82, 2.24) is 0 Å². The molecule has 0 fully saturated rings.